The molecule has 0 radical (unpaired) electrons. The van der Waals surface area contributed by atoms with E-state index in [1.807, 2.05) is 140 Å². The fourth-order valence-electron chi connectivity index (χ4n) is 10.6. The molecule has 0 amide bonds. The molecule has 1 unspecified atom stereocenters. The van der Waals surface area contributed by atoms with Gasteiger partial charge in [0.15, 0.2) is 5.78 Å². The minimum absolute atomic E-state index is 0. The second kappa shape index (κ2) is 26.3. The van der Waals surface area contributed by atoms with E-state index in [-0.39, 0.29) is 32.2 Å². The number of aromatic nitrogens is 9. The number of carbonyl (C=O) groups excluding carboxylic acids is 2. The molecule has 0 saturated carbocycles. The Morgan fingerprint density at radius 2 is 0.741 bits per heavy atom. The van der Waals surface area contributed by atoms with Crippen LogP contribution in [0, 0.1) is 11.3 Å². The van der Waals surface area contributed by atoms with Gasteiger partial charge in [-0.05, 0) is 53.6 Å². The first kappa shape index (κ1) is 57.3. The number of hydrogen-bond donors (Lipinski definition) is 11. The van der Waals surface area contributed by atoms with Crippen molar-refractivity contribution >= 4 is 87.9 Å². The van der Waals surface area contributed by atoms with Gasteiger partial charge in [-0.1, -0.05) is 135 Å². The summed E-state index contributed by atoms with van der Waals surface area (Å²) < 4.78 is 0. The van der Waals surface area contributed by atoms with E-state index < -0.39 is 11.9 Å². The number of nitrogens with one attached hydrogen (secondary N) is 7. The van der Waals surface area contributed by atoms with Crippen LogP contribution in [0.4, 0.5) is 0 Å². The van der Waals surface area contributed by atoms with Crippen molar-refractivity contribution < 1.29 is 14.7 Å². The normalized spacial score (nSPS) is 11.2. The van der Waals surface area contributed by atoms with Crippen LogP contribution >= 0.6 is 0 Å². The summed E-state index contributed by atoms with van der Waals surface area (Å²) in [5.41, 5.74) is 32.6. The van der Waals surface area contributed by atoms with E-state index in [0.717, 1.165) is 93.6 Å². The maximum atomic E-state index is 11.3. The fourth-order valence-corrected chi connectivity index (χ4v) is 10.6. The fraction of sp³-hybridized carbons (Fsp3) is 0.0870. The average molecular weight is 1120 g/mol. The van der Waals surface area contributed by atoms with Gasteiger partial charge in [-0.15, -0.1) is 0 Å². The predicted octanol–water partition coefficient (Wildman–Crippen LogP) is 13.5. The highest BCUT2D eigenvalue weighted by Gasteiger charge is 2.20. The highest BCUT2D eigenvalue weighted by molar-refractivity contribution is 6.15. The number of hydrogen-bond acceptors (Lipinski definition) is 9. The van der Waals surface area contributed by atoms with Crippen LogP contribution in [0.1, 0.15) is 56.9 Å². The van der Waals surface area contributed by atoms with Crippen molar-refractivity contribution in [2.75, 3.05) is 19.6 Å². The molecule has 0 aliphatic rings. The molecule has 15 rings (SSSR count). The molecule has 15 aromatic rings. The number of H-pyrrole nitrogens is 7. The number of rotatable bonds is 10. The van der Waals surface area contributed by atoms with Gasteiger partial charge in [-0.25, -0.2) is 0 Å². The molecule has 0 aliphatic heterocycles. The van der Waals surface area contributed by atoms with E-state index in [2.05, 4.69) is 118 Å². The molecule has 0 spiro atoms. The van der Waals surface area contributed by atoms with Crippen LogP contribution in [0.15, 0.2) is 226 Å². The molecule has 0 saturated heterocycles. The van der Waals surface area contributed by atoms with Gasteiger partial charge in [-0.3, -0.25) is 19.6 Å². The lowest BCUT2D eigenvalue weighted by atomic mass is 9.91. The molecular weight excluding hydrogens is 1060 g/mol. The Hall–Kier alpha value is -10.9. The Morgan fingerprint density at radius 1 is 0.424 bits per heavy atom. The first-order chi connectivity index (χ1) is 41.3. The number of nitrogens with zero attached hydrogens (tertiary/aromatic N) is 3. The first-order valence-electron chi connectivity index (χ1n) is 27.3. The van der Waals surface area contributed by atoms with Gasteiger partial charge in [0.05, 0.1) is 42.0 Å². The van der Waals surface area contributed by atoms with E-state index >= 15 is 0 Å². The molecular formula is C69H63N13O3. The first-order valence-corrected chi connectivity index (χ1v) is 27.3. The van der Waals surface area contributed by atoms with Crippen molar-refractivity contribution in [3.8, 4) is 28.6 Å². The van der Waals surface area contributed by atoms with Crippen molar-refractivity contribution in [1.82, 2.24) is 44.9 Å². The van der Waals surface area contributed by atoms with Crippen LogP contribution in [0.3, 0.4) is 0 Å². The van der Waals surface area contributed by atoms with Gasteiger partial charge >= 0.3 is 0 Å². The summed E-state index contributed by atoms with van der Waals surface area (Å²) >= 11 is 0. The quantitative estimate of drug-likeness (QED) is 0.0458. The minimum Gasteiger partial charge on any atom is -0.387 e. The number of ketones is 2. The monoisotopic (exact) mass is 1120 g/mol. The van der Waals surface area contributed by atoms with Crippen molar-refractivity contribution in [1.29, 1.82) is 5.26 Å². The molecule has 8 aromatic heterocycles. The lowest BCUT2D eigenvalue weighted by molar-refractivity contribution is 0.100. The van der Waals surface area contributed by atoms with Crippen LogP contribution in [-0.2, 0) is 0 Å². The third-order valence-electron chi connectivity index (χ3n) is 14.8. The molecule has 1 atom stereocenters. The summed E-state index contributed by atoms with van der Waals surface area (Å²) in [4.78, 5) is 54.0. The summed E-state index contributed by atoms with van der Waals surface area (Å²) in [7, 11) is 0. The van der Waals surface area contributed by atoms with Crippen LogP contribution in [0.25, 0.3) is 98.8 Å². The van der Waals surface area contributed by atoms with Gasteiger partial charge in [0, 0.05) is 161 Å². The number of Topliss-reactive ketones (excluding diaryl/α,β-unsaturated/α-hetero) is 2. The minimum atomic E-state index is -0.573. The van der Waals surface area contributed by atoms with Gasteiger partial charge in [0.2, 0.25) is 0 Å². The molecule has 7 aromatic carbocycles. The second-order valence-corrected chi connectivity index (χ2v) is 19.8. The number of aliphatic hydroxyl groups excluding tert-OH is 1. The maximum absolute atomic E-state index is 11.3. The van der Waals surface area contributed by atoms with E-state index in [9.17, 15) is 14.7 Å². The van der Waals surface area contributed by atoms with Crippen LogP contribution in [0.5, 0.6) is 0 Å². The maximum Gasteiger partial charge on any atom is 0.264 e. The van der Waals surface area contributed by atoms with Gasteiger partial charge < -0.3 is 57.2 Å². The van der Waals surface area contributed by atoms with Crippen LogP contribution in [-0.4, -0.2) is 81.2 Å². The molecule has 16 heteroatoms. The molecule has 14 N–H and O–H groups in total. The second-order valence-electron chi connectivity index (χ2n) is 19.8. The lowest BCUT2D eigenvalue weighted by Gasteiger charge is -2.13. The summed E-state index contributed by atoms with van der Waals surface area (Å²) in [5.74, 6) is -0.341. The summed E-state index contributed by atoms with van der Waals surface area (Å²) in [6.07, 6.45) is 16.3. The Morgan fingerprint density at radius 3 is 1.13 bits per heavy atom. The summed E-state index contributed by atoms with van der Waals surface area (Å²) in [6.45, 7) is 0.896. The van der Waals surface area contributed by atoms with Gasteiger partial charge in [0.1, 0.15) is 6.07 Å². The zero-order chi connectivity index (χ0) is 57.9. The predicted molar refractivity (Wildman–Crippen MR) is 343 cm³/mol. The van der Waals surface area contributed by atoms with Gasteiger partial charge in [-0.2, -0.15) is 5.26 Å². The molecule has 0 fully saturated rings. The number of para-hydroxylation sites is 7. The lowest BCUT2D eigenvalue weighted by Crippen LogP contribution is -2.13. The van der Waals surface area contributed by atoms with Crippen molar-refractivity contribution in [3.05, 3.63) is 253 Å². The molecule has 0 bridgehead atoms. The van der Waals surface area contributed by atoms with Crippen molar-refractivity contribution in [2.45, 2.75) is 19.4 Å². The van der Waals surface area contributed by atoms with Crippen LogP contribution < -0.4 is 17.2 Å². The Bertz CT molecular complexity index is 4590. The number of aromatic amines is 7. The summed E-state index contributed by atoms with van der Waals surface area (Å²) in [6, 6.07) is 57.7. The highest BCUT2D eigenvalue weighted by Crippen LogP contribution is 2.35. The van der Waals surface area contributed by atoms with Gasteiger partial charge in [0.25, 0.3) is 5.78 Å². The Labute approximate surface area is 488 Å². The summed E-state index contributed by atoms with van der Waals surface area (Å²) in [5, 5.41) is 25.6. The van der Waals surface area contributed by atoms with E-state index in [4.69, 9.17) is 22.5 Å². The molecule has 85 heavy (non-hydrogen) atoms. The number of fused-ring (bicyclic) bond motifs is 7. The topological polar surface area (TPSA) is 293 Å². The molecule has 16 nitrogen and oxygen atoms in total. The Kier molecular flexibility index (Phi) is 17.7. The number of aliphatic hydroxyl groups is 1. The highest BCUT2D eigenvalue weighted by atomic mass is 16.3. The number of benzene rings is 7. The zero-order valence-electron chi connectivity index (χ0n) is 45.5. The number of carbonyl (C=O) groups is 2. The van der Waals surface area contributed by atoms with E-state index in [1.165, 1.54) is 21.9 Å². The SMILES string of the molecule is C.N#CC(=O)c1c[nH]c2ccccc12.NCC(=O)c1c[nH]c2ccccc12.NCC(O)c1c[nH]c2ccccc12.NCC(c1c[nH]c2ccccc12)c1c[nH]c2ccccc12.c1ccc2c(-c3cnc(-c4c[nH]c5ccccc45)cn3)c[nH]c2c1. The van der Waals surface area contributed by atoms with Crippen molar-refractivity contribution in [3.63, 3.8) is 0 Å². The van der Waals surface area contributed by atoms with Crippen LogP contribution in [0.2, 0.25) is 0 Å². The molecule has 422 valence electrons. The van der Waals surface area contributed by atoms with E-state index in [0.29, 0.717) is 17.7 Å². The smallest absolute Gasteiger partial charge is 0.264 e. The largest absolute Gasteiger partial charge is 0.387 e. The third-order valence-corrected chi connectivity index (χ3v) is 14.8. The number of nitrogens with two attached hydrogens (primary N) is 3. The average Bonchev–Trinajstić information content (AvgIpc) is 4.63. The van der Waals surface area contributed by atoms with E-state index in [1.54, 1.807) is 18.5 Å². The zero-order valence-corrected chi connectivity index (χ0v) is 45.5. The molecule has 8 heterocycles. The van der Waals surface area contributed by atoms with Crippen molar-refractivity contribution in [2.24, 2.45) is 17.2 Å². The third kappa shape index (κ3) is 12.0. The standard InChI is InChI=1S/C20H14N4.C18H17N3.C10H12N2O.C10H10N2O.C10H6N2O.CH4/c1-3-7-17-13(5-1)15(9-21-17)19-11-24-20(12-23-19)16-10-22-18-8-4-2-6-14(16)18;19-9-14(15-10-20-17-7-3-1-5-12(15)17)16-11-21-18-8-4-2-6-13(16)18;3*11-5-10(13)8-6-12-9-4-2-1-3-7(8)9;/h1-12,21-22H;1-8,10-11,14,20-21H,9,19H2;1-4,6,10,12-13H,5,11H2;1-4,6,12H,5,11H2;1-4,6,12H;1H4. The number of nitriles is 1. The Balaban J connectivity index is 0.000000121. The molecule has 0 aliphatic carbocycles.